The van der Waals surface area contributed by atoms with E-state index in [2.05, 4.69) is 26.6 Å². The molecule has 200 valence electrons. The average molecular weight is 522 g/mol. The molecule has 1 saturated carbocycles. The Hall–Kier alpha value is -2.65. The average Bonchev–Trinajstić information content (AvgIpc) is 3.35. The molecule has 1 aromatic rings. The molecule has 10 heteroatoms. The molecule has 0 aromatic heterocycles. The number of carboxylic acid groups (broad SMARTS) is 1. The van der Waals surface area contributed by atoms with Crippen LogP contribution in [0.3, 0.4) is 0 Å². The maximum absolute atomic E-state index is 12.6. The normalized spacial score (nSPS) is 19.4. The summed E-state index contributed by atoms with van der Waals surface area (Å²) in [5.74, 6) is -0.398. The standard InChI is InChI=1S/C26H39N5O4.ClH/c1-17(27)25(34)30-24(29-14-6-11-23(32)33)19-12-13-21(20(16-19)18-8-4-3-5-9-18)31-15-7-10-22(31)26(35)28-2;/h12-13,16-18,22H,3-11,14-15,27H2,1-2H3,(H,28,35)(H,32,33)(H,29,30,34);1H/t17-,22-;/m0./s1. The highest BCUT2D eigenvalue weighted by atomic mass is 35.5. The lowest BCUT2D eigenvalue weighted by atomic mass is 9.82. The molecule has 2 amide bonds. The number of amides is 2. The third kappa shape index (κ3) is 7.67. The van der Waals surface area contributed by atoms with Gasteiger partial charge in [0.2, 0.25) is 11.8 Å². The number of anilines is 1. The van der Waals surface area contributed by atoms with Crippen molar-refractivity contribution >= 4 is 41.7 Å². The van der Waals surface area contributed by atoms with E-state index in [-0.39, 0.29) is 43.2 Å². The summed E-state index contributed by atoms with van der Waals surface area (Å²) in [5, 5.41) is 14.6. The Morgan fingerprint density at radius 3 is 2.53 bits per heavy atom. The largest absolute Gasteiger partial charge is 0.481 e. The fraction of sp³-hybridized carbons (Fsp3) is 0.615. The number of rotatable bonds is 9. The Morgan fingerprint density at radius 1 is 1.17 bits per heavy atom. The number of aliphatic imine (C=N–C) groups is 1. The van der Waals surface area contributed by atoms with Gasteiger partial charge in [0.1, 0.15) is 11.9 Å². The monoisotopic (exact) mass is 521 g/mol. The number of nitrogens with one attached hydrogen (secondary N) is 2. The van der Waals surface area contributed by atoms with Gasteiger partial charge in [0, 0.05) is 37.8 Å². The van der Waals surface area contributed by atoms with Gasteiger partial charge in [-0.15, -0.1) is 12.4 Å². The summed E-state index contributed by atoms with van der Waals surface area (Å²) < 4.78 is 0. The zero-order valence-corrected chi connectivity index (χ0v) is 22.1. The molecule has 0 radical (unpaired) electrons. The number of aliphatic carboxylic acids is 1. The predicted octanol–water partition coefficient (Wildman–Crippen LogP) is 2.95. The van der Waals surface area contributed by atoms with Crippen LogP contribution in [0.5, 0.6) is 0 Å². The highest BCUT2D eigenvalue weighted by Gasteiger charge is 2.33. The summed E-state index contributed by atoms with van der Waals surface area (Å²) in [6.07, 6.45) is 7.93. The fourth-order valence-corrected chi connectivity index (χ4v) is 5.05. The number of carboxylic acids is 1. The minimum absolute atomic E-state index is 0. The van der Waals surface area contributed by atoms with Crippen molar-refractivity contribution in [3.63, 3.8) is 0 Å². The maximum Gasteiger partial charge on any atom is 0.303 e. The van der Waals surface area contributed by atoms with E-state index < -0.39 is 12.0 Å². The third-order valence-electron chi connectivity index (χ3n) is 6.93. The second kappa shape index (κ2) is 14.2. The quantitative estimate of drug-likeness (QED) is 0.224. The van der Waals surface area contributed by atoms with Gasteiger partial charge in [-0.3, -0.25) is 19.4 Å². The second-order valence-corrected chi connectivity index (χ2v) is 9.58. The van der Waals surface area contributed by atoms with Crippen molar-refractivity contribution in [3.05, 3.63) is 29.3 Å². The number of benzene rings is 1. The van der Waals surface area contributed by atoms with Gasteiger partial charge in [-0.25, -0.2) is 0 Å². The molecular formula is C26H40ClN5O4. The molecule has 1 aromatic carbocycles. The van der Waals surface area contributed by atoms with Gasteiger partial charge in [-0.05, 0) is 68.7 Å². The van der Waals surface area contributed by atoms with Gasteiger partial charge in [0.15, 0.2) is 0 Å². The molecule has 0 unspecified atom stereocenters. The predicted molar refractivity (Wildman–Crippen MR) is 144 cm³/mol. The van der Waals surface area contributed by atoms with Crippen LogP contribution in [-0.2, 0) is 14.4 Å². The van der Waals surface area contributed by atoms with Crippen molar-refractivity contribution in [3.8, 4) is 0 Å². The molecule has 0 spiro atoms. The number of halogens is 1. The molecular weight excluding hydrogens is 482 g/mol. The highest BCUT2D eigenvalue weighted by molar-refractivity contribution is 6.09. The van der Waals surface area contributed by atoms with Crippen molar-refractivity contribution in [2.45, 2.75) is 82.7 Å². The Bertz CT molecular complexity index is 946. The van der Waals surface area contributed by atoms with Gasteiger partial charge in [-0.1, -0.05) is 19.3 Å². The van der Waals surface area contributed by atoms with Gasteiger partial charge in [0.25, 0.3) is 0 Å². The van der Waals surface area contributed by atoms with Gasteiger partial charge < -0.3 is 26.4 Å². The zero-order valence-electron chi connectivity index (χ0n) is 21.3. The van der Waals surface area contributed by atoms with Crippen molar-refractivity contribution in [1.82, 2.24) is 10.6 Å². The molecule has 2 atom stereocenters. The van der Waals surface area contributed by atoms with E-state index in [9.17, 15) is 14.4 Å². The first-order valence-electron chi connectivity index (χ1n) is 12.8. The molecule has 5 N–H and O–H groups in total. The SMILES string of the molecule is CNC(=O)[C@@H]1CCCN1c1ccc(C(=NCCCC(=O)O)NC(=O)[C@H](C)N)cc1C1CCCCC1.Cl. The lowest BCUT2D eigenvalue weighted by Gasteiger charge is -2.32. The topological polar surface area (TPSA) is 137 Å². The molecule has 1 heterocycles. The van der Waals surface area contributed by atoms with Crippen LogP contribution in [0.2, 0.25) is 0 Å². The van der Waals surface area contributed by atoms with Crippen LogP contribution >= 0.6 is 12.4 Å². The Morgan fingerprint density at radius 2 is 1.89 bits per heavy atom. The molecule has 1 aliphatic carbocycles. The molecule has 0 bridgehead atoms. The number of carbonyl (C=O) groups excluding carboxylic acids is 2. The summed E-state index contributed by atoms with van der Waals surface area (Å²) in [4.78, 5) is 42.6. The molecule has 1 aliphatic heterocycles. The second-order valence-electron chi connectivity index (χ2n) is 9.58. The first-order chi connectivity index (χ1) is 16.8. The molecule has 3 rings (SSSR count). The molecule has 36 heavy (non-hydrogen) atoms. The van der Waals surface area contributed by atoms with E-state index in [1.54, 1.807) is 14.0 Å². The van der Waals surface area contributed by atoms with Crippen LogP contribution in [0.15, 0.2) is 23.2 Å². The summed E-state index contributed by atoms with van der Waals surface area (Å²) in [6.45, 7) is 2.72. The van der Waals surface area contributed by atoms with Crippen LogP contribution in [0.25, 0.3) is 0 Å². The van der Waals surface area contributed by atoms with Crippen LogP contribution in [0.1, 0.15) is 81.8 Å². The summed E-state index contributed by atoms with van der Waals surface area (Å²) >= 11 is 0. The Balaban J connectivity index is 0.00000456. The van der Waals surface area contributed by atoms with Crippen LogP contribution in [0.4, 0.5) is 5.69 Å². The number of nitrogens with zero attached hydrogens (tertiary/aromatic N) is 2. The highest BCUT2D eigenvalue weighted by Crippen LogP contribution is 2.40. The van der Waals surface area contributed by atoms with Crippen molar-refractivity contribution < 1.29 is 19.5 Å². The zero-order chi connectivity index (χ0) is 25.4. The number of nitrogens with two attached hydrogens (primary N) is 1. The fourth-order valence-electron chi connectivity index (χ4n) is 5.05. The van der Waals surface area contributed by atoms with Gasteiger partial charge in [0.05, 0.1) is 6.04 Å². The molecule has 2 fully saturated rings. The third-order valence-corrected chi connectivity index (χ3v) is 6.93. The summed E-state index contributed by atoms with van der Waals surface area (Å²) in [5.41, 5.74) is 8.82. The Kier molecular flexibility index (Phi) is 11.7. The first-order valence-corrected chi connectivity index (χ1v) is 12.8. The molecule has 2 aliphatic rings. The number of hydrogen-bond donors (Lipinski definition) is 4. The van der Waals surface area contributed by atoms with Crippen LogP contribution in [-0.4, -0.2) is 60.9 Å². The van der Waals surface area contributed by atoms with Crippen molar-refractivity contribution in [2.24, 2.45) is 10.7 Å². The van der Waals surface area contributed by atoms with Gasteiger partial charge >= 0.3 is 5.97 Å². The van der Waals surface area contributed by atoms with Crippen LogP contribution < -0.4 is 21.3 Å². The van der Waals surface area contributed by atoms with E-state index >= 15 is 0 Å². The van der Waals surface area contributed by atoms with Crippen LogP contribution in [0, 0.1) is 0 Å². The molecule has 9 nitrogen and oxygen atoms in total. The first kappa shape index (κ1) is 29.6. The van der Waals surface area contributed by atoms with E-state index in [1.807, 2.05) is 12.1 Å². The van der Waals surface area contributed by atoms with E-state index in [1.165, 1.54) is 24.8 Å². The molecule has 1 saturated heterocycles. The maximum atomic E-state index is 12.6. The van der Waals surface area contributed by atoms with Crippen molar-refractivity contribution in [2.75, 3.05) is 25.0 Å². The van der Waals surface area contributed by atoms with E-state index in [4.69, 9.17) is 10.8 Å². The number of amidine groups is 1. The smallest absolute Gasteiger partial charge is 0.303 e. The van der Waals surface area contributed by atoms with E-state index in [0.717, 1.165) is 43.5 Å². The van der Waals surface area contributed by atoms with Gasteiger partial charge in [-0.2, -0.15) is 0 Å². The minimum Gasteiger partial charge on any atom is -0.481 e. The Labute approximate surface area is 219 Å². The minimum atomic E-state index is -0.874. The van der Waals surface area contributed by atoms with E-state index in [0.29, 0.717) is 18.2 Å². The number of carbonyl (C=O) groups is 3. The number of likely N-dealkylation sites (N-methyl/N-ethyl adjacent to an activating group) is 1. The lowest BCUT2D eigenvalue weighted by Crippen LogP contribution is -2.43. The summed E-state index contributed by atoms with van der Waals surface area (Å²) in [7, 11) is 1.68. The summed E-state index contributed by atoms with van der Waals surface area (Å²) in [6, 6.07) is 5.19. The lowest BCUT2D eigenvalue weighted by molar-refractivity contribution is -0.137. The number of hydrogen-bond acceptors (Lipinski definition) is 6. The van der Waals surface area contributed by atoms with Crippen molar-refractivity contribution in [1.29, 1.82) is 0 Å².